The molecule has 0 aliphatic rings. The first-order valence-corrected chi connectivity index (χ1v) is 7.38. The molecule has 0 amide bonds. The van der Waals surface area contributed by atoms with Crippen LogP contribution < -0.4 is 20.9 Å². The minimum absolute atomic E-state index is 0.0344. The number of hydrogen-bond acceptors (Lipinski definition) is 7. The van der Waals surface area contributed by atoms with Gasteiger partial charge < -0.3 is 20.9 Å². The van der Waals surface area contributed by atoms with Gasteiger partial charge in [-0.05, 0) is 35.9 Å². The smallest absolute Gasteiger partial charge is 0.225 e. The van der Waals surface area contributed by atoms with Gasteiger partial charge in [0.25, 0.3) is 0 Å². The van der Waals surface area contributed by atoms with Crippen molar-refractivity contribution in [3.05, 3.63) is 53.8 Å². The number of nitrogen functional groups attached to an aromatic ring is 2. The Morgan fingerprint density at radius 1 is 0.920 bits per heavy atom. The average molecular weight is 341 g/mol. The van der Waals surface area contributed by atoms with Crippen LogP contribution in [0.25, 0.3) is 11.4 Å². The molecule has 1 aromatic heterocycles. The monoisotopic (exact) mass is 341 g/mol. The molecule has 25 heavy (non-hydrogen) atoms. The van der Waals surface area contributed by atoms with Crippen molar-refractivity contribution < 1.29 is 13.9 Å². The first-order valence-electron chi connectivity index (χ1n) is 7.38. The van der Waals surface area contributed by atoms with Crippen molar-refractivity contribution in [2.75, 3.05) is 18.6 Å². The van der Waals surface area contributed by atoms with Gasteiger partial charge >= 0.3 is 0 Å². The van der Waals surface area contributed by atoms with Crippen LogP contribution in [0.15, 0.2) is 42.5 Å². The maximum absolute atomic E-state index is 13.0. The van der Waals surface area contributed by atoms with E-state index in [2.05, 4.69) is 15.0 Å². The minimum Gasteiger partial charge on any atom is -0.493 e. The summed E-state index contributed by atoms with van der Waals surface area (Å²) in [6.07, 6.45) is 0. The maximum Gasteiger partial charge on any atom is 0.225 e. The molecule has 0 aliphatic heterocycles. The number of benzene rings is 2. The van der Waals surface area contributed by atoms with Crippen LogP contribution in [-0.4, -0.2) is 22.1 Å². The number of hydrogen-bond donors (Lipinski definition) is 2. The van der Waals surface area contributed by atoms with E-state index in [1.807, 2.05) is 0 Å². The van der Waals surface area contributed by atoms with Gasteiger partial charge in [-0.15, -0.1) is 0 Å². The Labute approximate surface area is 143 Å². The molecule has 0 atom stereocenters. The molecule has 0 saturated carbocycles. The summed E-state index contributed by atoms with van der Waals surface area (Å²) in [6, 6.07) is 11.3. The summed E-state index contributed by atoms with van der Waals surface area (Å²) in [5, 5.41) is 0. The van der Waals surface area contributed by atoms with Crippen LogP contribution in [0.2, 0.25) is 0 Å². The van der Waals surface area contributed by atoms with Gasteiger partial charge in [0.05, 0.1) is 7.11 Å². The highest BCUT2D eigenvalue weighted by atomic mass is 19.1. The van der Waals surface area contributed by atoms with E-state index in [1.54, 1.807) is 37.4 Å². The Morgan fingerprint density at radius 2 is 1.60 bits per heavy atom. The highest BCUT2D eigenvalue weighted by Crippen LogP contribution is 2.32. The molecule has 8 heteroatoms. The van der Waals surface area contributed by atoms with Crippen molar-refractivity contribution in [3.8, 4) is 22.9 Å². The molecule has 3 aromatic rings. The average Bonchev–Trinajstić information content (AvgIpc) is 2.60. The standard InChI is InChI=1S/C17H16FN5O2/c1-24-13-7-4-11(15-21-16(19)23-17(20)22-15)8-14(13)25-9-10-2-5-12(18)6-3-10/h2-8H,9H2,1H3,(H4,19,20,21,22,23). The second-order valence-electron chi connectivity index (χ2n) is 5.16. The van der Waals surface area contributed by atoms with Crippen molar-refractivity contribution in [1.29, 1.82) is 0 Å². The third-order valence-corrected chi connectivity index (χ3v) is 3.40. The number of anilines is 2. The van der Waals surface area contributed by atoms with Crippen LogP contribution >= 0.6 is 0 Å². The molecule has 7 nitrogen and oxygen atoms in total. The van der Waals surface area contributed by atoms with E-state index >= 15 is 0 Å². The maximum atomic E-state index is 13.0. The van der Waals surface area contributed by atoms with E-state index in [0.717, 1.165) is 5.56 Å². The third kappa shape index (κ3) is 3.92. The fourth-order valence-electron chi connectivity index (χ4n) is 2.21. The van der Waals surface area contributed by atoms with E-state index in [-0.39, 0.29) is 24.3 Å². The van der Waals surface area contributed by atoms with Crippen LogP contribution in [0, 0.1) is 5.82 Å². The Bertz CT molecular complexity index is 866. The quantitative estimate of drug-likeness (QED) is 0.733. The van der Waals surface area contributed by atoms with Gasteiger partial charge in [-0.2, -0.15) is 15.0 Å². The van der Waals surface area contributed by atoms with Gasteiger partial charge in [0, 0.05) is 5.56 Å². The summed E-state index contributed by atoms with van der Waals surface area (Å²) in [5.74, 6) is 1.13. The van der Waals surface area contributed by atoms with E-state index in [1.165, 1.54) is 12.1 Å². The highest BCUT2D eigenvalue weighted by Gasteiger charge is 2.11. The fourth-order valence-corrected chi connectivity index (χ4v) is 2.21. The molecule has 0 unspecified atom stereocenters. The van der Waals surface area contributed by atoms with Gasteiger partial charge in [0.1, 0.15) is 12.4 Å². The van der Waals surface area contributed by atoms with Crippen molar-refractivity contribution in [2.45, 2.75) is 6.61 Å². The van der Waals surface area contributed by atoms with E-state index in [9.17, 15) is 4.39 Å². The number of nitrogens with two attached hydrogens (primary N) is 2. The molecular weight excluding hydrogens is 325 g/mol. The summed E-state index contributed by atoms with van der Waals surface area (Å²) >= 11 is 0. The lowest BCUT2D eigenvalue weighted by Crippen LogP contribution is -2.04. The van der Waals surface area contributed by atoms with Crippen molar-refractivity contribution in [3.63, 3.8) is 0 Å². The highest BCUT2D eigenvalue weighted by molar-refractivity contribution is 5.62. The van der Waals surface area contributed by atoms with E-state index in [0.29, 0.717) is 22.9 Å². The summed E-state index contributed by atoms with van der Waals surface area (Å²) in [7, 11) is 1.54. The Kier molecular flexibility index (Phi) is 4.60. The lowest BCUT2D eigenvalue weighted by Gasteiger charge is -2.12. The second-order valence-corrected chi connectivity index (χ2v) is 5.16. The zero-order valence-electron chi connectivity index (χ0n) is 13.4. The van der Waals surface area contributed by atoms with Gasteiger partial charge in [-0.3, -0.25) is 0 Å². The molecule has 0 radical (unpaired) electrons. The zero-order valence-corrected chi connectivity index (χ0v) is 13.4. The number of ether oxygens (including phenoxy) is 2. The van der Waals surface area contributed by atoms with Crippen LogP contribution in [0.1, 0.15) is 5.56 Å². The molecule has 0 fully saturated rings. The summed E-state index contributed by atoms with van der Waals surface area (Å²) in [6.45, 7) is 0.252. The van der Waals surface area contributed by atoms with E-state index < -0.39 is 0 Å². The van der Waals surface area contributed by atoms with Gasteiger partial charge in [-0.1, -0.05) is 12.1 Å². The van der Waals surface area contributed by atoms with Crippen LogP contribution in [0.4, 0.5) is 16.3 Å². The van der Waals surface area contributed by atoms with Crippen LogP contribution in [0.5, 0.6) is 11.5 Å². The molecule has 0 aliphatic carbocycles. The molecule has 4 N–H and O–H groups in total. The fraction of sp³-hybridized carbons (Fsp3) is 0.118. The number of rotatable bonds is 5. The first kappa shape index (κ1) is 16.4. The molecule has 0 bridgehead atoms. The number of nitrogens with zero attached hydrogens (tertiary/aromatic N) is 3. The van der Waals surface area contributed by atoms with Crippen molar-refractivity contribution in [2.24, 2.45) is 0 Å². The molecule has 0 spiro atoms. The number of halogens is 1. The van der Waals surface area contributed by atoms with Gasteiger partial charge in [-0.25, -0.2) is 4.39 Å². The topological polar surface area (TPSA) is 109 Å². The largest absolute Gasteiger partial charge is 0.493 e. The van der Waals surface area contributed by atoms with E-state index in [4.69, 9.17) is 20.9 Å². The summed E-state index contributed by atoms with van der Waals surface area (Å²) in [5.41, 5.74) is 12.7. The Balaban J connectivity index is 1.88. The molecule has 2 aromatic carbocycles. The van der Waals surface area contributed by atoms with Gasteiger partial charge in [0.15, 0.2) is 17.3 Å². The predicted octanol–water partition coefficient (Wildman–Crippen LogP) is 2.43. The van der Waals surface area contributed by atoms with Crippen molar-refractivity contribution >= 4 is 11.9 Å². The predicted molar refractivity (Wildman–Crippen MR) is 91.4 cm³/mol. The molecule has 3 rings (SSSR count). The lowest BCUT2D eigenvalue weighted by molar-refractivity contribution is 0.284. The number of methoxy groups -OCH3 is 1. The van der Waals surface area contributed by atoms with Gasteiger partial charge in [0.2, 0.25) is 11.9 Å². The minimum atomic E-state index is -0.298. The van der Waals surface area contributed by atoms with Crippen LogP contribution in [0.3, 0.4) is 0 Å². The SMILES string of the molecule is COc1ccc(-c2nc(N)nc(N)n2)cc1OCc1ccc(F)cc1. The normalized spacial score (nSPS) is 10.5. The van der Waals surface area contributed by atoms with Crippen molar-refractivity contribution in [1.82, 2.24) is 15.0 Å². The van der Waals surface area contributed by atoms with Crippen LogP contribution in [-0.2, 0) is 6.61 Å². The summed E-state index contributed by atoms with van der Waals surface area (Å²) < 4.78 is 24.1. The first-order chi connectivity index (χ1) is 12.0. The molecule has 0 saturated heterocycles. The molecule has 128 valence electrons. The molecular formula is C17H16FN5O2. The Hall–Kier alpha value is -3.42. The molecule has 1 heterocycles. The number of aromatic nitrogens is 3. The second kappa shape index (κ2) is 7.00. The zero-order chi connectivity index (χ0) is 17.8. The summed E-state index contributed by atoms with van der Waals surface area (Å²) in [4.78, 5) is 11.9. The third-order valence-electron chi connectivity index (χ3n) is 3.40. The Morgan fingerprint density at radius 3 is 2.24 bits per heavy atom. The lowest BCUT2D eigenvalue weighted by atomic mass is 10.2.